The Morgan fingerprint density at radius 3 is 2.26 bits per heavy atom. The number of anilines is 1. The highest BCUT2D eigenvalue weighted by Crippen LogP contribution is 2.17. The minimum absolute atomic E-state index is 0.296. The van der Waals surface area contributed by atoms with Crippen LogP contribution in [-0.4, -0.2) is 43.1 Å². The predicted octanol–water partition coefficient (Wildman–Crippen LogP) is 3.35. The lowest BCUT2D eigenvalue weighted by Gasteiger charge is -2.21. The van der Waals surface area contributed by atoms with Gasteiger partial charge >= 0.3 is 12.0 Å². The minimum Gasteiger partial charge on any atom is -0.494 e. The number of hydrogen-bond acceptors (Lipinski definition) is 6. The van der Waals surface area contributed by atoms with Gasteiger partial charge in [-0.05, 0) is 68.1 Å². The standard InChI is InChI=1S/C25H31N3O6/c1-6-33-19-12-10-18(11-13-19)23(30)28-22(15(2)3)24(31)34-14-21(29)27-25(32)26-20-9-7-8-16(4)17(20)5/h7-13,15,22H,6,14H2,1-5H3,(H,28,30)(H2,26,27,29,32)/t22-/m0/s1. The molecular weight excluding hydrogens is 438 g/mol. The molecule has 1 atom stereocenters. The van der Waals surface area contributed by atoms with E-state index in [1.54, 1.807) is 50.2 Å². The summed E-state index contributed by atoms with van der Waals surface area (Å²) in [4.78, 5) is 49.2. The van der Waals surface area contributed by atoms with Gasteiger partial charge in [-0.3, -0.25) is 14.9 Å². The van der Waals surface area contributed by atoms with Crippen LogP contribution < -0.4 is 20.7 Å². The zero-order chi connectivity index (χ0) is 25.3. The molecule has 0 heterocycles. The number of ether oxygens (including phenoxy) is 2. The topological polar surface area (TPSA) is 123 Å². The maximum absolute atomic E-state index is 12.5. The van der Waals surface area contributed by atoms with Crippen LogP contribution in [-0.2, 0) is 14.3 Å². The summed E-state index contributed by atoms with van der Waals surface area (Å²) in [6.45, 7) is 8.93. The number of carbonyl (C=O) groups excluding carboxylic acids is 4. The Kier molecular flexibility index (Phi) is 9.61. The number of carbonyl (C=O) groups is 4. The number of aryl methyl sites for hydroxylation is 1. The van der Waals surface area contributed by atoms with Gasteiger partial charge in [0, 0.05) is 11.3 Å². The van der Waals surface area contributed by atoms with Crippen molar-refractivity contribution in [3.63, 3.8) is 0 Å². The summed E-state index contributed by atoms with van der Waals surface area (Å²) >= 11 is 0. The summed E-state index contributed by atoms with van der Waals surface area (Å²) in [5, 5.41) is 7.33. The zero-order valence-corrected chi connectivity index (χ0v) is 20.1. The first kappa shape index (κ1) is 26.4. The smallest absolute Gasteiger partial charge is 0.329 e. The molecule has 0 bridgehead atoms. The molecule has 0 unspecified atom stereocenters. The van der Waals surface area contributed by atoms with Crippen LogP contribution in [0, 0.1) is 19.8 Å². The summed E-state index contributed by atoms with van der Waals surface area (Å²) in [6.07, 6.45) is 0. The molecule has 0 saturated carbocycles. The number of amides is 4. The van der Waals surface area contributed by atoms with Crippen molar-refractivity contribution in [2.45, 2.75) is 40.7 Å². The van der Waals surface area contributed by atoms with Gasteiger partial charge in [-0.25, -0.2) is 9.59 Å². The van der Waals surface area contributed by atoms with Gasteiger partial charge in [0.15, 0.2) is 6.61 Å². The second-order valence-corrected chi connectivity index (χ2v) is 8.01. The maximum atomic E-state index is 12.5. The lowest BCUT2D eigenvalue weighted by atomic mass is 10.0. The Labute approximate surface area is 199 Å². The van der Waals surface area contributed by atoms with Gasteiger partial charge in [0.1, 0.15) is 11.8 Å². The lowest BCUT2D eigenvalue weighted by molar-refractivity contribution is -0.151. The molecule has 34 heavy (non-hydrogen) atoms. The van der Waals surface area contributed by atoms with Crippen LogP contribution in [0.25, 0.3) is 0 Å². The van der Waals surface area contributed by atoms with Crippen molar-refractivity contribution in [1.29, 1.82) is 0 Å². The van der Waals surface area contributed by atoms with Gasteiger partial charge in [0.05, 0.1) is 6.61 Å². The summed E-state index contributed by atoms with van der Waals surface area (Å²) in [7, 11) is 0. The van der Waals surface area contributed by atoms with E-state index in [2.05, 4.69) is 16.0 Å². The molecule has 0 aliphatic carbocycles. The predicted molar refractivity (Wildman–Crippen MR) is 128 cm³/mol. The van der Waals surface area contributed by atoms with E-state index in [0.717, 1.165) is 11.1 Å². The third-order valence-corrected chi connectivity index (χ3v) is 5.09. The molecule has 0 fully saturated rings. The number of esters is 1. The molecule has 0 aliphatic rings. The van der Waals surface area contributed by atoms with Crippen LogP contribution in [0.5, 0.6) is 5.75 Å². The highest BCUT2D eigenvalue weighted by molar-refractivity contribution is 6.02. The highest BCUT2D eigenvalue weighted by Gasteiger charge is 2.27. The average Bonchev–Trinajstić information content (AvgIpc) is 2.79. The van der Waals surface area contributed by atoms with Crippen molar-refractivity contribution in [1.82, 2.24) is 10.6 Å². The fourth-order valence-corrected chi connectivity index (χ4v) is 3.02. The molecule has 2 aromatic rings. The van der Waals surface area contributed by atoms with Gasteiger partial charge in [-0.15, -0.1) is 0 Å². The molecule has 0 aliphatic heterocycles. The number of rotatable bonds is 9. The Morgan fingerprint density at radius 1 is 0.971 bits per heavy atom. The normalized spacial score (nSPS) is 11.4. The molecule has 2 rings (SSSR count). The average molecular weight is 470 g/mol. The van der Waals surface area contributed by atoms with E-state index in [-0.39, 0.29) is 5.92 Å². The van der Waals surface area contributed by atoms with Gasteiger partial charge in [-0.1, -0.05) is 26.0 Å². The van der Waals surface area contributed by atoms with E-state index in [1.165, 1.54) is 0 Å². The summed E-state index contributed by atoms with van der Waals surface area (Å²) < 4.78 is 10.4. The van der Waals surface area contributed by atoms with E-state index in [9.17, 15) is 19.2 Å². The zero-order valence-electron chi connectivity index (χ0n) is 20.1. The first-order valence-electron chi connectivity index (χ1n) is 11.0. The number of hydrogen-bond donors (Lipinski definition) is 3. The molecule has 0 spiro atoms. The molecule has 2 aromatic carbocycles. The van der Waals surface area contributed by atoms with Crippen LogP contribution in [0.15, 0.2) is 42.5 Å². The van der Waals surface area contributed by atoms with Crippen LogP contribution in [0.2, 0.25) is 0 Å². The van der Waals surface area contributed by atoms with Crippen LogP contribution in [0.4, 0.5) is 10.5 Å². The van der Waals surface area contributed by atoms with Crippen molar-refractivity contribution >= 4 is 29.5 Å². The van der Waals surface area contributed by atoms with Crippen molar-refractivity contribution in [3.8, 4) is 5.75 Å². The molecule has 0 radical (unpaired) electrons. The van der Waals surface area contributed by atoms with E-state index in [0.29, 0.717) is 23.6 Å². The Bertz CT molecular complexity index is 1030. The quantitative estimate of drug-likeness (QED) is 0.484. The van der Waals surface area contributed by atoms with Gasteiger partial charge < -0.3 is 20.1 Å². The van der Waals surface area contributed by atoms with Gasteiger partial charge in [0.25, 0.3) is 11.8 Å². The van der Waals surface area contributed by atoms with E-state index in [4.69, 9.17) is 9.47 Å². The second-order valence-electron chi connectivity index (χ2n) is 8.01. The van der Waals surface area contributed by atoms with Crippen molar-refractivity contribution in [2.75, 3.05) is 18.5 Å². The fourth-order valence-electron chi connectivity index (χ4n) is 3.02. The van der Waals surface area contributed by atoms with Crippen LogP contribution >= 0.6 is 0 Å². The van der Waals surface area contributed by atoms with Crippen molar-refractivity contribution in [3.05, 3.63) is 59.2 Å². The SMILES string of the molecule is CCOc1ccc(C(=O)N[C@H](C(=O)OCC(=O)NC(=O)Nc2cccc(C)c2C)C(C)C)cc1. The number of imide groups is 1. The highest BCUT2D eigenvalue weighted by atomic mass is 16.5. The van der Waals surface area contributed by atoms with E-state index >= 15 is 0 Å². The molecule has 0 aromatic heterocycles. The molecular formula is C25H31N3O6. The number of nitrogens with one attached hydrogen (secondary N) is 3. The summed E-state index contributed by atoms with van der Waals surface area (Å²) in [5.74, 6) is -1.70. The summed E-state index contributed by atoms with van der Waals surface area (Å²) in [6, 6.07) is 10.2. The first-order chi connectivity index (χ1) is 16.1. The van der Waals surface area contributed by atoms with Crippen LogP contribution in [0.1, 0.15) is 42.3 Å². The third kappa shape index (κ3) is 7.61. The van der Waals surface area contributed by atoms with E-state index < -0.39 is 36.5 Å². The number of benzene rings is 2. The fraction of sp³-hybridized carbons (Fsp3) is 0.360. The van der Waals surface area contributed by atoms with E-state index in [1.807, 2.05) is 26.8 Å². The maximum Gasteiger partial charge on any atom is 0.329 e. The summed E-state index contributed by atoms with van der Waals surface area (Å²) in [5.41, 5.74) is 2.78. The second kappa shape index (κ2) is 12.4. The molecule has 182 valence electrons. The Hall–Kier alpha value is -3.88. The lowest BCUT2D eigenvalue weighted by Crippen LogP contribution is -2.46. The first-order valence-corrected chi connectivity index (χ1v) is 11.0. The van der Waals surface area contributed by atoms with Gasteiger partial charge in [-0.2, -0.15) is 0 Å². The monoisotopic (exact) mass is 469 g/mol. The van der Waals surface area contributed by atoms with Crippen LogP contribution in [0.3, 0.4) is 0 Å². The largest absolute Gasteiger partial charge is 0.494 e. The molecule has 9 nitrogen and oxygen atoms in total. The molecule has 4 amide bonds. The Morgan fingerprint density at radius 2 is 1.65 bits per heavy atom. The Balaban J connectivity index is 1.88. The molecule has 9 heteroatoms. The molecule has 0 saturated heterocycles. The van der Waals surface area contributed by atoms with Gasteiger partial charge in [0.2, 0.25) is 0 Å². The van der Waals surface area contributed by atoms with Crippen molar-refractivity contribution < 1.29 is 28.7 Å². The molecule has 3 N–H and O–H groups in total. The van der Waals surface area contributed by atoms with Crippen molar-refractivity contribution in [2.24, 2.45) is 5.92 Å². The third-order valence-electron chi connectivity index (χ3n) is 5.09. The number of urea groups is 1. The minimum atomic E-state index is -0.976.